The maximum Gasteiger partial charge on any atom is 0.158 e. The maximum atomic E-state index is 6.49. The van der Waals surface area contributed by atoms with Crippen molar-refractivity contribution in [2.24, 2.45) is 0 Å². The number of nitrogens with zero attached hydrogens (tertiary/aromatic N) is 12. The van der Waals surface area contributed by atoms with Crippen molar-refractivity contribution >= 4 is 160 Å². The van der Waals surface area contributed by atoms with E-state index < -0.39 is 0 Å². The molecule has 11 heterocycles. The topological polar surface area (TPSA) is 127 Å². The fourth-order valence-corrected chi connectivity index (χ4v) is 18.3. The Kier molecular flexibility index (Phi) is 22.7. The first-order valence-corrected chi connectivity index (χ1v) is 43.3. The Hall–Kier alpha value is -14.2. The van der Waals surface area contributed by atoms with Crippen molar-refractivity contribution in [1.29, 1.82) is 0 Å². The molecule has 20 heteroatoms. The van der Waals surface area contributed by atoms with Gasteiger partial charge in [-0.25, -0.2) is 15.0 Å². The molecule has 17 nitrogen and oxygen atoms in total. The van der Waals surface area contributed by atoms with E-state index in [9.17, 15) is 0 Å². The van der Waals surface area contributed by atoms with Crippen LogP contribution in [0.1, 0.15) is 52.7 Å². The SMILES string of the molecule is CN1[CH-]N(c2[c-]c(Oc3[c-]c4c(cc3)c3ccccc3n4-c3cc(C(C)(C)C)ccn3)ccc2)c2c1ccc1oc3ccccc3c21.CN1[CH-]N(c2[c-]c(Oc3[c-]c4c(cc3)c3ccccc3n4-c3cc(C(C)(C)C)ccn3)ccc2)c2ccc3c(oc4ccccc43)c21.CN1[CH-]N(c2[c-]c(Oc3[c-]c4c(cc3)c3ccccc3n4-c3ccccn3)ccc2)c2ccccc21.[Pt].[Pt].[Pt]. The second-order valence-electron chi connectivity index (χ2n) is 34.9. The summed E-state index contributed by atoms with van der Waals surface area (Å²) in [7, 11) is 6.15. The molecule has 0 amide bonds. The van der Waals surface area contributed by atoms with Crippen LogP contribution >= 0.6 is 0 Å². The quantitative estimate of drug-likeness (QED) is 0.108. The molecule has 0 saturated carbocycles. The number of hydrogen-bond donors (Lipinski definition) is 0. The molecule has 0 saturated heterocycles. The van der Waals surface area contributed by atoms with E-state index in [1.165, 1.54) is 11.1 Å². The van der Waals surface area contributed by atoms with Crippen LogP contribution < -0.4 is 43.6 Å². The maximum absolute atomic E-state index is 6.49. The van der Waals surface area contributed by atoms with E-state index in [4.69, 9.17) is 33.0 Å². The summed E-state index contributed by atoms with van der Waals surface area (Å²) in [5.41, 5.74) is 21.0. The predicted octanol–water partition coefficient (Wildman–Crippen LogP) is 28.2. The smallest absolute Gasteiger partial charge is 0.158 e. The van der Waals surface area contributed by atoms with Gasteiger partial charge in [-0.05, 0) is 162 Å². The van der Waals surface area contributed by atoms with Crippen LogP contribution in [0.25, 0.3) is 127 Å². The van der Waals surface area contributed by atoms with Crippen LogP contribution in [0.4, 0.5) is 51.2 Å². The summed E-state index contributed by atoms with van der Waals surface area (Å²) in [5, 5.41) is 11.1. The Morgan fingerprint density at radius 3 is 1.20 bits per heavy atom. The van der Waals surface area contributed by atoms with Crippen molar-refractivity contribution in [2.75, 3.05) is 50.5 Å². The zero-order chi connectivity index (χ0) is 87.8. The third-order valence-corrected chi connectivity index (χ3v) is 24.5. The summed E-state index contributed by atoms with van der Waals surface area (Å²) < 4.78 is 38.3. The first-order chi connectivity index (χ1) is 63.4. The Morgan fingerprint density at radius 1 is 0.286 bits per heavy atom. The molecular formula is C113H83N12O5Pt3-9. The van der Waals surface area contributed by atoms with Gasteiger partial charge in [-0.1, -0.05) is 167 Å². The van der Waals surface area contributed by atoms with Gasteiger partial charge < -0.3 is 66.1 Å². The molecule has 0 aliphatic carbocycles. The molecule has 3 aliphatic rings. The molecule has 25 rings (SSSR count). The second kappa shape index (κ2) is 34.8. The van der Waals surface area contributed by atoms with Gasteiger partial charge in [0.2, 0.25) is 0 Å². The van der Waals surface area contributed by atoms with Gasteiger partial charge >= 0.3 is 0 Å². The average molecular weight is 2270 g/mol. The summed E-state index contributed by atoms with van der Waals surface area (Å²) in [6, 6.07) is 124. The molecule has 0 radical (unpaired) electrons. The van der Waals surface area contributed by atoms with Crippen molar-refractivity contribution in [3.05, 3.63) is 389 Å². The molecule has 22 aromatic rings. The number of anilines is 9. The van der Waals surface area contributed by atoms with Gasteiger partial charge in [-0.15, -0.1) is 124 Å². The Balaban J connectivity index is 0.000000124. The molecule has 0 spiro atoms. The number of para-hydroxylation sites is 7. The fourth-order valence-electron chi connectivity index (χ4n) is 18.3. The Morgan fingerprint density at radius 2 is 0.684 bits per heavy atom. The number of fused-ring (bicyclic) bond motifs is 20. The largest absolute Gasteiger partial charge is 0.509 e. The van der Waals surface area contributed by atoms with E-state index in [0.717, 1.165) is 178 Å². The van der Waals surface area contributed by atoms with E-state index in [1.807, 2.05) is 184 Å². The van der Waals surface area contributed by atoms with E-state index in [2.05, 4.69) is 305 Å². The van der Waals surface area contributed by atoms with Gasteiger partial charge in [0.25, 0.3) is 0 Å². The number of aromatic nitrogens is 6. The van der Waals surface area contributed by atoms with Crippen LogP contribution in [0.15, 0.2) is 331 Å². The van der Waals surface area contributed by atoms with Crippen LogP contribution in [-0.4, -0.2) is 49.8 Å². The molecule has 8 aromatic heterocycles. The molecule has 14 aromatic carbocycles. The third kappa shape index (κ3) is 15.5. The molecular weight excluding hydrogens is 2190 g/mol. The summed E-state index contributed by atoms with van der Waals surface area (Å²) in [6.07, 6.45) is 5.59. The van der Waals surface area contributed by atoms with Crippen molar-refractivity contribution < 1.29 is 86.2 Å². The molecule has 664 valence electrons. The summed E-state index contributed by atoms with van der Waals surface area (Å²) in [5.74, 6) is 6.22. The monoisotopic (exact) mass is 2270 g/mol. The number of pyridine rings is 3. The number of furan rings is 2. The number of hydrogen-bond acceptors (Lipinski definition) is 14. The number of ether oxygens (including phenoxy) is 3. The second-order valence-corrected chi connectivity index (χ2v) is 34.9. The van der Waals surface area contributed by atoms with Crippen LogP contribution in [-0.2, 0) is 74.0 Å². The minimum atomic E-state index is -0.00609. The minimum Gasteiger partial charge on any atom is -0.509 e. The van der Waals surface area contributed by atoms with E-state index in [1.54, 1.807) is 0 Å². The molecule has 0 N–H and O–H groups in total. The van der Waals surface area contributed by atoms with E-state index in [-0.39, 0.29) is 74.0 Å². The Bertz CT molecular complexity index is 8250. The van der Waals surface area contributed by atoms with Crippen molar-refractivity contribution in [2.45, 2.75) is 52.4 Å². The standard InChI is InChI=1S/2C41H31N4O2.C31H21N4O.3Pt/c1-41(2,3)26-20-21-42-38(22-26)45-34-14-7-5-12-30(34)31-17-16-29(24-36(31)45)46-28-11-9-10-27(23-28)44-25-43(4)39-35(44)19-18-33-32-13-6-8-15-37(32)47-40(33)39;1-41(2,3)26-20-21-42-38(22-26)45-33-14-7-5-12-30(33)31-17-16-29(24-35(31)45)46-28-11-9-10-27(23-28)44-25-43(4)34-18-19-37-39(40(34)44)32-13-6-8-15-36(32)47-37;1-33-21-34(29-14-5-4-13-28(29)33)22-9-8-10-23(19-22)36-24-16-17-26-25-11-2-3-12-27(25)35(30(26)20-24)31-15-6-7-18-32-31;;;/h2*5-22,25H,1-4H3;2-18,21H,1H3;;;/q3*-3;;;. The molecule has 133 heavy (non-hydrogen) atoms. The van der Waals surface area contributed by atoms with E-state index >= 15 is 0 Å². The molecule has 0 unspecified atom stereocenters. The first kappa shape index (κ1) is 86.8. The van der Waals surface area contributed by atoms with Gasteiger partial charge in [0.05, 0.1) is 11.1 Å². The van der Waals surface area contributed by atoms with Crippen LogP contribution in [0, 0.1) is 56.4 Å². The van der Waals surface area contributed by atoms with Crippen LogP contribution in [0.5, 0.6) is 34.5 Å². The van der Waals surface area contributed by atoms with Crippen molar-refractivity contribution in [3.8, 4) is 52.0 Å². The number of rotatable bonds is 12. The third-order valence-electron chi connectivity index (χ3n) is 24.5. The van der Waals surface area contributed by atoms with Crippen molar-refractivity contribution in [3.63, 3.8) is 0 Å². The van der Waals surface area contributed by atoms with Gasteiger partial charge in [0.1, 0.15) is 34.2 Å². The molecule has 0 fully saturated rings. The molecule has 0 bridgehead atoms. The number of benzene rings is 14. The van der Waals surface area contributed by atoms with Crippen LogP contribution in [0.2, 0.25) is 0 Å². The van der Waals surface area contributed by atoms with Crippen LogP contribution in [0.3, 0.4) is 0 Å². The van der Waals surface area contributed by atoms with Gasteiger partial charge in [-0.3, -0.25) is 0 Å². The van der Waals surface area contributed by atoms with Gasteiger partial charge in [0.15, 0.2) is 5.58 Å². The molecule has 0 atom stereocenters. The summed E-state index contributed by atoms with van der Waals surface area (Å²) in [6.45, 7) is 19.5. The minimum absolute atomic E-state index is 0. The molecule has 3 aliphatic heterocycles. The fraction of sp³-hybridized carbons (Fsp3) is 0.0973. The van der Waals surface area contributed by atoms with Crippen molar-refractivity contribution in [1.82, 2.24) is 28.7 Å². The zero-order valence-corrected chi connectivity index (χ0v) is 80.5. The van der Waals surface area contributed by atoms with E-state index in [0.29, 0.717) is 34.5 Å². The predicted molar refractivity (Wildman–Crippen MR) is 524 cm³/mol. The average Bonchev–Trinajstić information content (AvgIpc) is 1.12. The Labute approximate surface area is 813 Å². The normalized spacial score (nSPS) is 12.9. The zero-order valence-electron chi connectivity index (χ0n) is 73.7. The summed E-state index contributed by atoms with van der Waals surface area (Å²) >= 11 is 0. The summed E-state index contributed by atoms with van der Waals surface area (Å²) in [4.78, 5) is 26.9. The first-order valence-electron chi connectivity index (χ1n) is 43.3. The van der Waals surface area contributed by atoms with Gasteiger partial charge in [-0.2, -0.15) is 56.4 Å². The van der Waals surface area contributed by atoms with Gasteiger partial charge in [0, 0.05) is 177 Å².